The van der Waals surface area contributed by atoms with Crippen LogP contribution in [0, 0.1) is 0 Å². The van der Waals surface area contributed by atoms with Gasteiger partial charge in [0.15, 0.2) is 0 Å². The lowest BCUT2D eigenvalue weighted by molar-refractivity contribution is 0.102. The number of hydrogen-bond acceptors (Lipinski definition) is 3. The molecule has 1 amide bonds. The summed E-state index contributed by atoms with van der Waals surface area (Å²) in [4.78, 5) is 19.1. The van der Waals surface area contributed by atoms with E-state index in [-0.39, 0.29) is 5.91 Å². The van der Waals surface area contributed by atoms with Crippen LogP contribution in [0.5, 0.6) is 0 Å². The quantitative estimate of drug-likeness (QED) is 0.776. The molecule has 0 unspecified atom stereocenters. The lowest BCUT2D eigenvalue weighted by Crippen LogP contribution is -2.25. The summed E-state index contributed by atoms with van der Waals surface area (Å²) >= 11 is 0. The molecule has 0 aliphatic rings. The molecule has 0 bridgehead atoms. The van der Waals surface area contributed by atoms with Gasteiger partial charge in [-0.3, -0.25) is 4.79 Å². The van der Waals surface area contributed by atoms with E-state index in [1.165, 1.54) is 0 Å². The first-order valence-corrected chi connectivity index (χ1v) is 8.79. The lowest BCUT2D eigenvalue weighted by Gasteiger charge is -2.23. The molecule has 0 saturated heterocycles. The van der Waals surface area contributed by atoms with E-state index in [2.05, 4.69) is 36.0 Å². The summed E-state index contributed by atoms with van der Waals surface area (Å²) in [6.45, 7) is 8.43. The van der Waals surface area contributed by atoms with Gasteiger partial charge in [-0.1, -0.05) is 39.0 Å². The molecule has 0 aliphatic heterocycles. The second kappa shape index (κ2) is 9.06. The standard InChI is InChI=1S/C20H27N3O/c1-4-13-23(14-5-2)17-11-12-19(21-15-17)20(24)22-18-10-8-7-9-16(18)6-3/h7-12,15H,4-6,13-14H2,1-3H3,(H,22,24). The zero-order valence-electron chi connectivity index (χ0n) is 14.9. The molecule has 0 spiro atoms. The molecule has 24 heavy (non-hydrogen) atoms. The summed E-state index contributed by atoms with van der Waals surface area (Å²) < 4.78 is 0. The molecule has 2 aromatic rings. The average Bonchev–Trinajstić information content (AvgIpc) is 2.62. The van der Waals surface area contributed by atoms with Gasteiger partial charge in [-0.2, -0.15) is 0 Å². The summed E-state index contributed by atoms with van der Waals surface area (Å²) in [6.07, 6.45) is 4.86. The van der Waals surface area contributed by atoms with Gasteiger partial charge in [-0.15, -0.1) is 0 Å². The van der Waals surface area contributed by atoms with Gasteiger partial charge >= 0.3 is 0 Å². The zero-order valence-corrected chi connectivity index (χ0v) is 14.9. The number of aromatic nitrogens is 1. The third kappa shape index (κ3) is 4.57. The van der Waals surface area contributed by atoms with Crippen LogP contribution in [-0.4, -0.2) is 24.0 Å². The number of carbonyl (C=O) groups is 1. The molecule has 1 heterocycles. The number of benzene rings is 1. The normalized spacial score (nSPS) is 10.5. The van der Waals surface area contributed by atoms with Crippen LogP contribution < -0.4 is 10.2 Å². The van der Waals surface area contributed by atoms with Gasteiger partial charge in [0.2, 0.25) is 0 Å². The van der Waals surface area contributed by atoms with Gasteiger partial charge in [0, 0.05) is 18.8 Å². The predicted octanol–water partition coefficient (Wildman–Crippen LogP) is 4.52. The number of carbonyl (C=O) groups excluding carboxylic acids is 1. The Morgan fingerprint density at radius 2 is 1.75 bits per heavy atom. The van der Waals surface area contributed by atoms with E-state index in [4.69, 9.17) is 0 Å². The first-order valence-electron chi connectivity index (χ1n) is 8.79. The predicted molar refractivity (Wildman–Crippen MR) is 101 cm³/mol. The number of para-hydroxylation sites is 1. The van der Waals surface area contributed by atoms with Gasteiger partial charge in [0.05, 0.1) is 11.9 Å². The number of amides is 1. The van der Waals surface area contributed by atoms with Gasteiger partial charge in [0.1, 0.15) is 5.69 Å². The molecule has 0 radical (unpaired) electrons. The van der Waals surface area contributed by atoms with Gasteiger partial charge in [0.25, 0.3) is 5.91 Å². The summed E-state index contributed by atoms with van der Waals surface area (Å²) in [6, 6.07) is 11.7. The van der Waals surface area contributed by atoms with E-state index in [0.29, 0.717) is 5.69 Å². The molecule has 0 aliphatic carbocycles. The van der Waals surface area contributed by atoms with Crippen molar-refractivity contribution in [2.45, 2.75) is 40.0 Å². The Bertz CT molecular complexity index is 646. The SMILES string of the molecule is CCCN(CCC)c1ccc(C(=O)Nc2ccccc2CC)nc1. The number of aryl methyl sites for hydroxylation is 1. The number of nitrogens with zero attached hydrogens (tertiary/aromatic N) is 2. The van der Waals surface area contributed by atoms with E-state index in [0.717, 1.165) is 49.3 Å². The van der Waals surface area contributed by atoms with E-state index < -0.39 is 0 Å². The first kappa shape index (κ1) is 18.0. The summed E-state index contributed by atoms with van der Waals surface area (Å²) in [5, 5.41) is 2.96. The molecule has 0 saturated carbocycles. The highest BCUT2D eigenvalue weighted by atomic mass is 16.1. The van der Waals surface area contributed by atoms with Crippen molar-refractivity contribution in [3.63, 3.8) is 0 Å². The van der Waals surface area contributed by atoms with Crippen molar-refractivity contribution < 1.29 is 4.79 Å². The van der Waals surface area contributed by atoms with E-state index in [1.54, 1.807) is 12.3 Å². The molecule has 128 valence electrons. The molecule has 1 N–H and O–H groups in total. The maximum Gasteiger partial charge on any atom is 0.274 e. The molecule has 2 rings (SSSR count). The molecule has 1 aromatic heterocycles. The molecule has 1 aromatic carbocycles. The largest absolute Gasteiger partial charge is 0.370 e. The van der Waals surface area contributed by atoms with E-state index in [9.17, 15) is 4.79 Å². The first-order chi connectivity index (χ1) is 11.7. The summed E-state index contributed by atoms with van der Waals surface area (Å²) in [7, 11) is 0. The number of anilines is 2. The summed E-state index contributed by atoms with van der Waals surface area (Å²) in [5.41, 5.74) is 3.50. The van der Waals surface area contributed by atoms with Crippen LogP contribution in [0.25, 0.3) is 0 Å². The van der Waals surface area contributed by atoms with Gasteiger partial charge < -0.3 is 10.2 Å². The lowest BCUT2D eigenvalue weighted by atomic mass is 10.1. The number of hydrogen-bond donors (Lipinski definition) is 1. The van der Waals surface area contributed by atoms with Crippen molar-refractivity contribution in [2.75, 3.05) is 23.3 Å². The van der Waals surface area contributed by atoms with Crippen LogP contribution >= 0.6 is 0 Å². The van der Waals surface area contributed by atoms with Crippen LogP contribution in [0.1, 0.15) is 49.7 Å². The second-order valence-electron chi connectivity index (χ2n) is 5.85. The fourth-order valence-electron chi connectivity index (χ4n) is 2.75. The third-order valence-electron chi connectivity index (χ3n) is 3.98. The maximum atomic E-state index is 12.4. The molecular weight excluding hydrogens is 298 g/mol. The Hall–Kier alpha value is -2.36. The van der Waals surface area contributed by atoms with Crippen LogP contribution in [0.2, 0.25) is 0 Å². The number of nitrogens with one attached hydrogen (secondary N) is 1. The Morgan fingerprint density at radius 3 is 2.33 bits per heavy atom. The highest BCUT2D eigenvalue weighted by Gasteiger charge is 2.11. The minimum atomic E-state index is -0.167. The monoisotopic (exact) mass is 325 g/mol. The average molecular weight is 325 g/mol. The van der Waals surface area contributed by atoms with Crippen molar-refractivity contribution in [3.05, 3.63) is 53.9 Å². The maximum absolute atomic E-state index is 12.4. The van der Waals surface area contributed by atoms with Gasteiger partial charge in [-0.25, -0.2) is 4.98 Å². The summed E-state index contributed by atoms with van der Waals surface area (Å²) in [5.74, 6) is -0.167. The second-order valence-corrected chi connectivity index (χ2v) is 5.85. The highest BCUT2D eigenvalue weighted by molar-refractivity contribution is 6.03. The third-order valence-corrected chi connectivity index (χ3v) is 3.98. The fourth-order valence-corrected chi connectivity index (χ4v) is 2.75. The van der Waals surface area contributed by atoms with E-state index >= 15 is 0 Å². The van der Waals surface area contributed by atoms with Crippen molar-refractivity contribution >= 4 is 17.3 Å². The van der Waals surface area contributed by atoms with Crippen LogP contribution in [0.4, 0.5) is 11.4 Å². The highest BCUT2D eigenvalue weighted by Crippen LogP contribution is 2.18. The van der Waals surface area contributed by atoms with Crippen LogP contribution in [-0.2, 0) is 6.42 Å². The molecule has 4 heteroatoms. The molecule has 4 nitrogen and oxygen atoms in total. The topological polar surface area (TPSA) is 45.2 Å². The van der Waals surface area contributed by atoms with Crippen molar-refractivity contribution in [2.24, 2.45) is 0 Å². The van der Waals surface area contributed by atoms with Crippen LogP contribution in [0.15, 0.2) is 42.6 Å². The Balaban J connectivity index is 2.10. The molecule has 0 atom stereocenters. The Morgan fingerprint density at radius 1 is 1.04 bits per heavy atom. The number of rotatable bonds is 8. The zero-order chi connectivity index (χ0) is 17.4. The van der Waals surface area contributed by atoms with Crippen molar-refractivity contribution in [1.29, 1.82) is 0 Å². The molecule has 0 fully saturated rings. The Labute approximate surface area is 144 Å². The minimum Gasteiger partial charge on any atom is -0.370 e. The Kier molecular flexibility index (Phi) is 6.79. The smallest absolute Gasteiger partial charge is 0.274 e. The number of pyridine rings is 1. The fraction of sp³-hybridized carbons (Fsp3) is 0.400. The molecular formula is C20H27N3O. The van der Waals surface area contributed by atoms with Crippen molar-refractivity contribution in [3.8, 4) is 0 Å². The minimum absolute atomic E-state index is 0.167. The van der Waals surface area contributed by atoms with Crippen LogP contribution in [0.3, 0.4) is 0 Å². The van der Waals surface area contributed by atoms with Crippen molar-refractivity contribution in [1.82, 2.24) is 4.98 Å². The van der Waals surface area contributed by atoms with Gasteiger partial charge in [-0.05, 0) is 43.0 Å². The van der Waals surface area contributed by atoms with E-state index in [1.807, 2.05) is 30.3 Å².